The second-order valence-corrected chi connectivity index (χ2v) is 9.78. The van der Waals surface area contributed by atoms with Gasteiger partial charge in [-0.2, -0.15) is 17.9 Å². The summed E-state index contributed by atoms with van der Waals surface area (Å²) < 4.78 is 5.27. The highest BCUT2D eigenvalue weighted by atomic mass is 32.1. The fourth-order valence-corrected chi connectivity index (χ4v) is 3.97. The summed E-state index contributed by atoms with van der Waals surface area (Å²) in [6.45, 7) is 12.5. The summed E-state index contributed by atoms with van der Waals surface area (Å²) in [7, 11) is 0. The Balaban J connectivity index is 3.45. The summed E-state index contributed by atoms with van der Waals surface area (Å²) in [6, 6.07) is 5.36. The Hall–Kier alpha value is -2.73. The van der Waals surface area contributed by atoms with Crippen LogP contribution < -0.4 is 10.6 Å². The molecule has 0 bridgehead atoms. The van der Waals surface area contributed by atoms with Gasteiger partial charge in [0.25, 0.3) is 0 Å². The molecule has 0 spiro atoms. The third-order valence-corrected chi connectivity index (χ3v) is 5.55. The van der Waals surface area contributed by atoms with Crippen LogP contribution in [0.2, 0.25) is 0 Å². The summed E-state index contributed by atoms with van der Waals surface area (Å²) in [5.74, 6) is -1.00. The van der Waals surface area contributed by atoms with Gasteiger partial charge in [-0.3, -0.25) is 9.59 Å². The Kier molecular flexibility index (Phi) is 11.4. The van der Waals surface area contributed by atoms with Crippen molar-refractivity contribution in [3.8, 4) is 6.07 Å². The van der Waals surface area contributed by atoms with Gasteiger partial charge in [0.15, 0.2) is 0 Å². The number of nitrogens with zero attached hydrogens (tertiary/aromatic N) is 2. The van der Waals surface area contributed by atoms with Crippen LogP contribution in [-0.2, 0) is 14.3 Å². The highest BCUT2D eigenvalue weighted by Gasteiger charge is 2.37. The molecule has 0 aliphatic rings. The van der Waals surface area contributed by atoms with Crippen LogP contribution >= 0.6 is 12.6 Å². The zero-order valence-electron chi connectivity index (χ0n) is 21.3. The number of carbonyl (C=O) groups is 3. The van der Waals surface area contributed by atoms with Crippen LogP contribution in [0.4, 0.5) is 4.79 Å². The molecule has 188 valence electrons. The Morgan fingerprint density at radius 1 is 1.18 bits per heavy atom. The normalized spacial score (nSPS) is 13.7. The number of amides is 3. The molecule has 9 heteroatoms. The first-order chi connectivity index (χ1) is 15.9. The van der Waals surface area contributed by atoms with Crippen molar-refractivity contribution in [1.29, 1.82) is 5.26 Å². The van der Waals surface area contributed by atoms with Crippen LogP contribution in [0.1, 0.15) is 70.2 Å². The van der Waals surface area contributed by atoms with Gasteiger partial charge in [0.05, 0.1) is 6.07 Å². The summed E-state index contributed by atoms with van der Waals surface area (Å²) >= 11 is 4.23. The third kappa shape index (κ3) is 8.56. The molecule has 3 amide bonds. The average molecular weight is 491 g/mol. The zero-order valence-corrected chi connectivity index (χ0v) is 22.2. The fraction of sp³-hybridized carbons (Fsp3) is 0.600. The number of alkyl carbamates (subject to hydrolysis) is 1. The SMILES string of the molecule is CCCC(C)NC(=O)C(c1c(C)cccc1C)N(CC#N)C(=O)C(CS)NC(=O)OC(C)(C)C. The molecule has 0 fully saturated rings. The van der Waals surface area contributed by atoms with E-state index in [2.05, 4.69) is 23.3 Å². The van der Waals surface area contributed by atoms with Crippen molar-refractivity contribution in [3.63, 3.8) is 0 Å². The maximum atomic E-state index is 13.6. The molecule has 1 aromatic carbocycles. The molecule has 3 atom stereocenters. The maximum absolute atomic E-state index is 13.6. The van der Waals surface area contributed by atoms with Crippen LogP contribution in [0.5, 0.6) is 0 Å². The highest BCUT2D eigenvalue weighted by Crippen LogP contribution is 2.28. The van der Waals surface area contributed by atoms with Gasteiger partial charge in [-0.05, 0) is 64.7 Å². The molecular formula is C25H38N4O4S. The van der Waals surface area contributed by atoms with Gasteiger partial charge in [0.1, 0.15) is 24.2 Å². The van der Waals surface area contributed by atoms with Crippen LogP contribution in [0.3, 0.4) is 0 Å². The van der Waals surface area contributed by atoms with E-state index in [1.165, 1.54) is 4.90 Å². The van der Waals surface area contributed by atoms with E-state index in [-0.39, 0.29) is 24.2 Å². The van der Waals surface area contributed by atoms with E-state index in [1.54, 1.807) is 20.8 Å². The minimum absolute atomic E-state index is 0.0344. The molecule has 0 saturated heterocycles. The van der Waals surface area contributed by atoms with Crippen molar-refractivity contribution >= 4 is 30.5 Å². The Morgan fingerprint density at radius 3 is 2.24 bits per heavy atom. The summed E-state index contributed by atoms with van der Waals surface area (Å²) in [6.07, 6.45) is 0.885. The quantitative estimate of drug-likeness (QED) is 0.341. The predicted octanol–water partition coefficient (Wildman–Crippen LogP) is 3.82. The van der Waals surface area contributed by atoms with Crippen molar-refractivity contribution in [1.82, 2.24) is 15.5 Å². The number of carbonyl (C=O) groups excluding carboxylic acids is 3. The number of benzene rings is 1. The fourth-order valence-electron chi connectivity index (χ4n) is 3.72. The van der Waals surface area contributed by atoms with E-state index < -0.39 is 29.7 Å². The molecule has 8 nitrogen and oxygen atoms in total. The zero-order chi connectivity index (χ0) is 26.1. The van der Waals surface area contributed by atoms with Gasteiger partial charge in [-0.15, -0.1) is 0 Å². The molecule has 0 heterocycles. The Bertz CT molecular complexity index is 887. The van der Waals surface area contributed by atoms with Crippen molar-refractivity contribution in [2.75, 3.05) is 12.3 Å². The van der Waals surface area contributed by atoms with Crippen molar-refractivity contribution in [2.45, 2.75) is 85.0 Å². The van der Waals surface area contributed by atoms with Gasteiger partial charge in [0.2, 0.25) is 11.8 Å². The van der Waals surface area contributed by atoms with Crippen molar-refractivity contribution in [3.05, 3.63) is 34.9 Å². The molecule has 34 heavy (non-hydrogen) atoms. The van der Waals surface area contributed by atoms with Crippen molar-refractivity contribution in [2.24, 2.45) is 0 Å². The average Bonchev–Trinajstić information content (AvgIpc) is 2.71. The molecule has 0 aliphatic carbocycles. The van der Waals surface area contributed by atoms with E-state index in [0.29, 0.717) is 5.56 Å². The van der Waals surface area contributed by atoms with Crippen LogP contribution in [-0.4, -0.2) is 52.8 Å². The molecule has 0 aromatic heterocycles. The van der Waals surface area contributed by atoms with Crippen LogP contribution in [0.15, 0.2) is 18.2 Å². The van der Waals surface area contributed by atoms with Gasteiger partial charge in [-0.1, -0.05) is 31.5 Å². The van der Waals surface area contributed by atoms with Gasteiger partial charge >= 0.3 is 6.09 Å². The maximum Gasteiger partial charge on any atom is 0.408 e. The lowest BCUT2D eigenvalue weighted by atomic mass is 9.93. The molecule has 2 N–H and O–H groups in total. The lowest BCUT2D eigenvalue weighted by molar-refractivity contribution is -0.141. The molecule has 1 rings (SSSR count). The first kappa shape index (κ1) is 29.3. The summed E-state index contributed by atoms with van der Waals surface area (Å²) in [4.78, 5) is 40.7. The Labute approximate surface area is 208 Å². The second-order valence-electron chi connectivity index (χ2n) is 9.41. The lowest BCUT2D eigenvalue weighted by Crippen LogP contribution is -2.54. The van der Waals surface area contributed by atoms with Gasteiger partial charge in [-0.25, -0.2) is 4.79 Å². The monoisotopic (exact) mass is 490 g/mol. The van der Waals surface area contributed by atoms with E-state index in [1.807, 2.05) is 52.0 Å². The topological polar surface area (TPSA) is 112 Å². The third-order valence-electron chi connectivity index (χ3n) is 5.18. The molecule has 0 radical (unpaired) electrons. The number of rotatable bonds is 10. The molecule has 3 unspecified atom stereocenters. The summed E-state index contributed by atoms with van der Waals surface area (Å²) in [5, 5.41) is 15.1. The Morgan fingerprint density at radius 2 is 1.76 bits per heavy atom. The predicted molar refractivity (Wildman–Crippen MR) is 136 cm³/mol. The van der Waals surface area contributed by atoms with E-state index in [9.17, 15) is 19.6 Å². The van der Waals surface area contributed by atoms with Crippen LogP contribution in [0.25, 0.3) is 0 Å². The second kappa shape index (κ2) is 13.2. The first-order valence-corrected chi connectivity index (χ1v) is 12.1. The molecule has 1 aromatic rings. The molecule has 0 saturated carbocycles. The number of hydrogen-bond acceptors (Lipinski definition) is 6. The number of ether oxygens (including phenoxy) is 1. The molecular weight excluding hydrogens is 452 g/mol. The number of thiol groups is 1. The van der Waals surface area contributed by atoms with E-state index >= 15 is 0 Å². The number of nitrogens with one attached hydrogen (secondary N) is 2. The standard InChI is InChI=1S/C25H38N4O4S/c1-8-10-18(4)27-22(30)21(20-16(2)11-9-12-17(20)3)29(14-13-26)23(31)19(15-34)28-24(32)33-25(5,6)7/h9,11-12,18-19,21,34H,8,10,14-15H2,1-7H3,(H,27,30)(H,28,32). The van der Waals surface area contributed by atoms with Gasteiger partial charge < -0.3 is 20.3 Å². The largest absolute Gasteiger partial charge is 0.444 e. The number of hydrogen-bond donors (Lipinski definition) is 3. The minimum atomic E-state index is -1.08. The van der Waals surface area contributed by atoms with Gasteiger partial charge in [0, 0.05) is 11.8 Å². The summed E-state index contributed by atoms with van der Waals surface area (Å²) in [5.41, 5.74) is 1.54. The van der Waals surface area contributed by atoms with Crippen LogP contribution in [0, 0.1) is 25.2 Å². The minimum Gasteiger partial charge on any atom is -0.444 e. The number of aryl methyl sites for hydroxylation is 2. The van der Waals surface area contributed by atoms with Crippen molar-refractivity contribution < 1.29 is 19.1 Å². The first-order valence-electron chi connectivity index (χ1n) is 11.5. The highest BCUT2D eigenvalue weighted by molar-refractivity contribution is 7.80. The number of nitriles is 1. The lowest BCUT2D eigenvalue weighted by Gasteiger charge is -2.34. The smallest absolute Gasteiger partial charge is 0.408 e. The molecule has 0 aliphatic heterocycles. The van der Waals surface area contributed by atoms with E-state index in [4.69, 9.17) is 4.74 Å². The van der Waals surface area contributed by atoms with E-state index in [0.717, 1.165) is 24.0 Å².